The van der Waals surface area contributed by atoms with Gasteiger partial charge >= 0.3 is 0 Å². The standard InChI is InChI=1S/C41H58O2/c1-33(2)19-14-22-36(5)25-17-28-37(6)26-15-23-34(3)20-12-13-21-35(4)24-16-27-38(7)29-18-30-39(8)31-32-40(42)41(9,10)43-11/h12-13,15-16,18-21,23-27,29-32H,14,17,22,28H2,1-11H3/b13-12+,23-15+,24-16+,29-18+,32-31?,34-20+,35-21+,36-25?,37-26+,38-27+,39-30+. The van der Waals surface area contributed by atoms with Gasteiger partial charge < -0.3 is 4.74 Å². The maximum atomic E-state index is 12.1. The molecule has 0 aromatic rings. The van der Waals surface area contributed by atoms with Crippen molar-refractivity contribution >= 4 is 5.78 Å². The van der Waals surface area contributed by atoms with Crippen LogP contribution in [0.25, 0.3) is 0 Å². The van der Waals surface area contributed by atoms with E-state index in [0.29, 0.717) is 0 Å². The zero-order chi connectivity index (χ0) is 32.7. The third kappa shape index (κ3) is 22.7. The second-order valence-electron chi connectivity index (χ2n) is 11.9. The first kappa shape index (κ1) is 39.5. The van der Waals surface area contributed by atoms with Crippen LogP contribution in [0, 0.1) is 0 Å². The van der Waals surface area contributed by atoms with Crippen molar-refractivity contribution in [3.63, 3.8) is 0 Å². The second kappa shape index (κ2) is 23.0. The number of hydrogen-bond donors (Lipinski definition) is 0. The third-order valence-electron chi connectivity index (χ3n) is 6.73. The molecule has 0 spiro atoms. The van der Waals surface area contributed by atoms with Crippen LogP contribution in [0.1, 0.15) is 94.9 Å². The lowest BCUT2D eigenvalue weighted by Gasteiger charge is -2.18. The van der Waals surface area contributed by atoms with E-state index in [0.717, 1.165) is 36.8 Å². The largest absolute Gasteiger partial charge is 0.371 e. The molecule has 0 aromatic carbocycles. The van der Waals surface area contributed by atoms with Crippen LogP contribution in [0.5, 0.6) is 0 Å². The molecule has 0 saturated carbocycles. The Hall–Kier alpha value is -3.49. The van der Waals surface area contributed by atoms with E-state index in [1.165, 1.54) is 27.9 Å². The summed E-state index contributed by atoms with van der Waals surface area (Å²) in [5.74, 6) is -0.0526. The number of hydrogen-bond acceptors (Lipinski definition) is 2. The molecular weight excluding hydrogens is 524 g/mol. The fourth-order valence-electron chi connectivity index (χ4n) is 3.53. The van der Waals surface area contributed by atoms with Crippen LogP contribution in [0.3, 0.4) is 0 Å². The van der Waals surface area contributed by atoms with Gasteiger partial charge in [-0.15, -0.1) is 0 Å². The van der Waals surface area contributed by atoms with Crippen molar-refractivity contribution in [2.24, 2.45) is 0 Å². The van der Waals surface area contributed by atoms with E-state index >= 15 is 0 Å². The summed E-state index contributed by atoms with van der Waals surface area (Å²) in [4.78, 5) is 12.1. The average molecular weight is 583 g/mol. The van der Waals surface area contributed by atoms with Crippen molar-refractivity contribution in [3.8, 4) is 0 Å². The normalized spacial score (nSPS) is 15.3. The van der Waals surface area contributed by atoms with Gasteiger partial charge in [-0.25, -0.2) is 0 Å². The summed E-state index contributed by atoms with van der Waals surface area (Å²) in [5.41, 5.74) is 8.01. The van der Waals surface area contributed by atoms with E-state index in [4.69, 9.17) is 4.74 Å². The van der Waals surface area contributed by atoms with Gasteiger partial charge in [0.1, 0.15) is 5.60 Å². The summed E-state index contributed by atoms with van der Waals surface area (Å²) < 4.78 is 5.21. The molecule has 0 saturated heterocycles. The molecule has 2 nitrogen and oxygen atoms in total. The van der Waals surface area contributed by atoms with Crippen LogP contribution in [-0.4, -0.2) is 18.5 Å². The molecule has 0 atom stereocenters. The fourth-order valence-corrected chi connectivity index (χ4v) is 3.53. The van der Waals surface area contributed by atoms with E-state index < -0.39 is 5.60 Å². The maximum absolute atomic E-state index is 12.1. The highest BCUT2D eigenvalue weighted by molar-refractivity contribution is 5.96. The Morgan fingerprint density at radius 1 is 0.535 bits per heavy atom. The first-order valence-electron chi connectivity index (χ1n) is 15.4. The molecule has 43 heavy (non-hydrogen) atoms. The quantitative estimate of drug-likeness (QED) is 0.0912. The van der Waals surface area contributed by atoms with E-state index in [2.05, 4.69) is 121 Å². The van der Waals surface area contributed by atoms with Crippen molar-refractivity contribution in [2.45, 2.75) is 101 Å². The molecule has 0 unspecified atom stereocenters. The van der Waals surface area contributed by atoms with Gasteiger partial charge in [-0.05, 0) is 101 Å². The molecule has 2 heteroatoms. The monoisotopic (exact) mass is 582 g/mol. The van der Waals surface area contributed by atoms with Crippen molar-refractivity contribution in [3.05, 3.63) is 142 Å². The predicted molar refractivity (Wildman–Crippen MR) is 192 cm³/mol. The maximum Gasteiger partial charge on any atom is 0.186 e. The first-order valence-corrected chi connectivity index (χ1v) is 15.4. The van der Waals surface area contributed by atoms with Gasteiger partial charge in [0.05, 0.1) is 0 Å². The smallest absolute Gasteiger partial charge is 0.186 e. The van der Waals surface area contributed by atoms with E-state index in [1.807, 2.05) is 31.2 Å². The van der Waals surface area contributed by atoms with Crippen LogP contribution < -0.4 is 0 Å². The van der Waals surface area contributed by atoms with E-state index in [9.17, 15) is 4.79 Å². The highest BCUT2D eigenvalue weighted by atomic mass is 16.5. The number of allylic oxidation sites excluding steroid dienone is 23. The van der Waals surface area contributed by atoms with Gasteiger partial charge in [0.15, 0.2) is 5.78 Å². The summed E-state index contributed by atoms with van der Waals surface area (Å²) in [7, 11) is 1.55. The minimum atomic E-state index is -0.799. The summed E-state index contributed by atoms with van der Waals surface area (Å²) in [5, 5.41) is 0. The van der Waals surface area contributed by atoms with Gasteiger partial charge in [0, 0.05) is 7.11 Å². The first-order chi connectivity index (χ1) is 20.3. The fraction of sp³-hybridized carbons (Fsp3) is 0.390. The molecule has 0 aliphatic carbocycles. The number of rotatable bonds is 18. The Kier molecular flexibility index (Phi) is 21.2. The molecule has 0 aromatic heterocycles. The van der Waals surface area contributed by atoms with Gasteiger partial charge in [-0.3, -0.25) is 4.79 Å². The molecule has 0 amide bonds. The van der Waals surface area contributed by atoms with Crippen LogP contribution in [0.4, 0.5) is 0 Å². The summed E-state index contributed by atoms with van der Waals surface area (Å²) in [6.45, 7) is 20.5. The molecule has 234 valence electrons. The van der Waals surface area contributed by atoms with Gasteiger partial charge in [0.25, 0.3) is 0 Å². The molecular formula is C41H58O2. The van der Waals surface area contributed by atoms with Crippen LogP contribution in [-0.2, 0) is 9.53 Å². The molecule has 0 bridgehead atoms. The van der Waals surface area contributed by atoms with Gasteiger partial charge in [-0.1, -0.05) is 136 Å². The topological polar surface area (TPSA) is 26.3 Å². The molecule has 0 heterocycles. The Bertz CT molecular complexity index is 1230. The summed E-state index contributed by atoms with van der Waals surface area (Å²) in [6.07, 6.45) is 39.7. The molecule has 0 aliphatic heterocycles. The molecule has 0 fully saturated rings. The van der Waals surface area contributed by atoms with Crippen LogP contribution in [0.15, 0.2) is 142 Å². The predicted octanol–water partition coefficient (Wildman–Crippen LogP) is 12.0. The minimum Gasteiger partial charge on any atom is -0.371 e. The van der Waals surface area contributed by atoms with E-state index in [1.54, 1.807) is 27.0 Å². The Morgan fingerprint density at radius 2 is 0.953 bits per heavy atom. The molecule has 0 aliphatic rings. The zero-order valence-corrected chi connectivity index (χ0v) is 29.0. The third-order valence-corrected chi connectivity index (χ3v) is 6.73. The summed E-state index contributed by atoms with van der Waals surface area (Å²) >= 11 is 0. The highest BCUT2D eigenvalue weighted by Gasteiger charge is 2.23. The lowest BCUT2D eigenvalue weighted by molar-refractivity contribution is -0.131. The average Bonchev–Trinajstić information content (AvgIpc) is 2.93. The van der Waals surface area contributed by atoms with Crippen LogP contribution in [0.2, 0.25) is 0 Å². The Labute approximate surface area is 264 Å². The Morgan fingerprint density at radius 3 is 1.44 bits per heavy atom. The second-order valence-corrected chi connectivity index (χ2v) is 11.9. The SMILES string of the molecule is COC(C)(C)C(=O)C=C/C(C)=C/C=C/C(C)=C/C=C/C(C)=C/C=C/C=C(C)/C=C/C=C(\C)CCC=C(C)CCC=C(C)C. The Balaban J connectivity index is 4.73. The lowest BCUT2D eigenvalue weighted by Crippen LogP contribution is -2.32. The van der Waals surface area contributed by atoms with Crippen molar-refractivity contribution in [1.29, 1.82) is 0 Å². The van der Waals surface area contributed by atoms with Gasteiger partial charge in [-0.2, -0.15) is 0 Å². The number of ketones is 1. The van der Waals surface area contributed by atoms with Crippen LogP contribution >= 0.6 is 0 Å². The molecule has 0 N–H and O–H groups in total. The van der Waals surface area contributed by atoms with Gasteiger partial charge in [0.2, 0.25) is 0 Å². The van der Waals surface area contributed by atoms with Crippen molar-refractivity contribution in [2.75, 3.05) is 7.11 Å². The lowest BCUT2D eigenvalue weighted by atomic mass is 10.0. The zero-order valence-electron chi connectivity index (χ0n) is 29.0. The summed E-state index contributed by atoms with van der Waals surface area (Å²) in [6, 6.07) is 0. The molecule has 0 rings (SSSR count). The van der Waals surface area contributed by atoms with Crippen molar-refractivity contribution < 1.29 is 9.53 Å². The van der Waals surface area contributed by atoms with Crippen molar-refractivity contribution in [1.82, 2.24) is 0 Å². The highest BCUT2D eigenvalue weighted by Crippen LogP contribution is 2.12. The number of carbonyl (C=O) groups is 1. The van der Waals surface area contributed by atoms with E-state index in [-0.39, 0.29) is 5.78 Å². The number of carbonyl (C=O) groups excluding carboxylic acids is 1. The minimum absolute atomic E-state index is 0.0526. The number of ether oxygens (including phenoxy) is 1. The number of methoxy groups -OCH3 is 1. The molecule has 0 radical (unpaired) electrons.